The summed E-state index contributed by atoms with van der Waals surface area (Å²) >= 11 is 0. The second-order valence-electron chi connectivity index (χ2n) is 11.2. The number of aliphatic hydroxyl groups is 1. The van der Waals surface area contributed by atoms with Gasteiger partial charge in [-0.3, -0.25) is 0 Å². The van der Waals surface area contributed by atoms with Crippen LogP contribution in [0, 0.1) is 12.8 Å². The zero-order chi connectivity index (χ0) is 30.4. The fraction of sp³-hybridized carbons (Fsp3) is 0.455. The molecule has 1 saturated heterocycles. The van der Waals surface area contributed by atoms with Crippen LogP contribution in [0.5, 0.6) is 11.5 Å². The Bertz CT molecular complexity index is 1450. The van der Waals surface area contributed by atoms with Gasteiger partial charge in [0.1, 0.15) is 18.1 Å². The summed E-state index contributed by atoms with van der Waals surface area (Å²) in [5.41, 5.74) is 3.95. The molecule has 10 heteroatoms. The second-order valence-corrected chi connectivity index (χ2v) is 13.1. The van der Waals surface area contributed by atoms with Gasteiger partial charge in [0.2, 0.25) is 10.0 Å². The molecule has 2 aliphatic rings. The summed E-state index contributed by atoms with van der Waals surface area (Å²) in [7, 11) is -0.466. The Balaban J connectivity index is 1.42. The van der Waals surface area contributed by atoms with Crippen molar-refractivity contribution in [1.29, 1.82) is 0 Å². The maximum atomic E-state index is 13.8. The average molecular weight is 611 g/mol. The van der Waals surface area contributed by atoms with Gasteiger partial charge in [0, 0.05) is 51.8 Å². The molecule has 2 heterocycles. The smallest absolute Gasteiger partial charge is 0.243 e. The summed E-state index contributed by atoms with van der Waals surface area (Å²) in [4.78, 5) is 2.54. The highest BCUT2D eigenvalue weighted by molar-refractivity contribution is 7.89. The SMILES string of the molecule is COCCCN1CCOc2ccc(CO[C@H]3CN(S(=O)(=O)c4ccc(C)cc4)C[C@@H](CO)[C@@H]3c3ccc(OC)cc3)cc21. The molecule has 0 amide bonds. The third-order valence-corrected chi connectivity index (χ3v) is 10.2. The number of benzene rings is 3. The molecule has 3 aromatic carbocycles. The normalized spacial score (nSPS) is 20.8. The molecular weight excluding hydrogens is 568 g/mol. The van der Waals surface area contributed by atoms with E-state index in [4.69, 9.17) is 18.9 Å². The summed E-state index contributed by atoms with van der Waals surface area (Å²) in [6.45, 7) is 5.38. The number of aliphatic hydroxyl groups excluding tert-OH is 1. The monoisotopic (exact) mass is 610 g/mol. The molecule has 0 spiro atoms. The molecular formula is C33H42N2O7S. The number of fused-ring (bicyclic) bond motifs is 1. The Hall–Kier alpha value is -3.15. The van der Waals surface area contributed by atoms with E-state index < -0.39 is 16.1 Å². The van der Waals surface area contributed by atoms with Crippen LogP contribution in [0.15, 0.2) is 71.6 Å². The molecule has 43 heavy (non-hydrogen) atoms. The third kappa shape index (κ3) is 7.16. The van der Waals surface area contributed by atoms with E-state index in [2.05, 4.69) is 11.0 Å². The summed E-state index contributed by atoms with van der Waals surface area (Å²) < 4.78 is 52.1. The molecule has 0 radical (unpaired) electrons. The van der Waals surface area contributed by atoms with Gasteiger partial charge in [-0.25, -0.2) is 8.42 Å². The minimum absolute atomic E-state index is 0.167. The minimum Gasteiger partial charge on any atom is -0.497 e. The molecule has 5 rings (SSSR count). The number of aryl methyl sites for hydroxylation is 1. The van der Waals surface area contributed by atoms with Crippen molar-refractivity contribution in [3.8, 4) is 11.5 Å². The summed E-state index contributed by atoms with van der Waals surface area (Å²) in [5.74, 6) is 0.997. The number of piperidine rings is 1. The van der Waals surface area contributed by atoms with Crippen molar-refractivity contribution in [3.63, 3.8) is 0 Å². The van der Waals surface area contributed by atoms with Crippen LogP contribution in [0.4, 0.5) is 5.69 Å². The van der Waals surface area contributed by atoms with Gasteiger partial charge in [-0.1, -0.05) is 35.9 Å². The van der Waals surface area contributed by atoms with Crippen molar-refractivity contribution in [2.75, 3.05) is 65.1 Å². The summed E-state index contributed by atoms with van der Waals surface area (Å²) in [6.07, 6.45) is 0.417. The topological polar surface area (TPSA) is 97.8 Å². The Morgan fingerprint density at radius 2 is 1.77 bits per heavy atom. The van der Waals surface area contributed by atoms with Crippen molar-refractivity contribution in [2.24, 2.45) is 5.92 Å². The van der Waals surface area contributed by atoms with Crippen molar-refractivity contribution >= 4 is 15.7 Å². The Morgan fingerprint density at radius 3 is 2.47 bits per heavy atom. The number of nitrogens with zero attached hydrogens (tertiary/aromatic N) is 2. The van der Waals surface area contributed by atoms with E-state index in [-0.39, 0.29) is 43.0 Å². The van der Waals surface area contributed by atoms with Crippen LogP contribution < -0.4 is 14.4 Å². The molecule has 0 aromatic heterocycles. The molecule has 0 bridgehead atoms. The lowest BCUT2D eigenvalue weighted by Gasteiger charge is -2.42. The van der Waals surface area contributed by atoms with Crippen molar-refractivity contribution in [2.45, 2.75) is 36.9 Å². The molecule has 1 N–H and O–H groups in total. The number of anilines is 1. The van der Waals surface area contributed by atoms with Crippen LogP contribution in [0.1, 0.15) is 29.0 Å². The Kier molecular flexibility index (Phi) is 10.2. The number of hydrogen-bond acceptors (Lipinski definition) is 8. The van der Waals surface area contributed by atoms with Gasteiger partial charge in [-0.05, 0) is 60.9 Å². The minimum atomic E-state index is -3.80. The van der Waals surface area contributed by atoms with E-state index in [1.807, 2.05) is 43.3 Å². The lowest BCUT2D eigenvalue weighted by Crippen LogP contribution is -2.52. The van der Waals surface area contributed by atoms with Gasteiger partial charge < -0.3 is 29.0 Å². The standard InChI is InChI=1S/C33H42N2O7S/c1-24-5-12-29(13-6-24)43(37,38)35-20-27(22-36)33(26-8-10-28(40-3)11-9-26)32(21-35)42-23-25-7-14-31-30(19-25)34(16-18-41-31)15-4-17-39-2/h5-14,19,27,32-33,36H,4,15-18,20-23H2,1-3H3/t27-,32-,33-/m0/s1. The highest BCUT2D eigenvalue weighted by atomic mass is 32.2. The molecule has 1 fully saturated rings. The molecule has 232 valence electrons. The number of methoxy groups -OCH3 is 2. The molecule has 2 aliphatic heterocycles. The maximum absolute atomic E-state index is 13.8. The van der Waals surface area contributed by atoms with Gasteiger partial charge in [0.05, 0.1) is 36.9 Å². The number of hydrogen-bond donors (Lipinski definition) is 1. The number of ether oxygens (including phenoxy) is 4. The fourth-order valence-corrected chi connectivity index (χ4v) is 7.52. The van der Waals surface area contributed by atoms with Crippen molar-refractivity contribution in [1.82, 2.24) is 4.31 Å². The van der Waals surface area contributed by atoms with Crippen LogP contribution in [-0.2, 0) is 26.1 Å². The zero-order valence-corrected chi connectivity index (χ0v) is 26.0. The maximum Gasteiger partial charge on any atom is 0.243 e. The van der Waals surface area contributed by atoms with E-state index >= 15 is 0 Å². The van der Waals surface area contributed by atoms with Crippen molar-refractivity contribution in [3.05, 3.63) is 83.4 Å². The van der Waals surface area contributed by atoms with Crippen LogP contribution in [-0.4, -0.2) is 84.2 Å². The predicted octanol–water partition coefficient (Wildman–Crippen LogP) is 4.22. The van der Waals surface area contributed by atoms with Crippen LogP contribution in [0.2, 0.25) is 0 Å². The Labute approximate surface area is 255 Å². The van der Waals surface area contributed by atoms with Gasteiger partial charge in [0.25, 0.3) is 0 Å². The lowest BCUT2D eigenvalue weighted by atomic mass is 9.79. The van der Waals surface area contributed by atoms with E-state index in [1.165, 1.54) is 4.31 Å². The molecule has 0 aliphatic carbocycles. The van der Waals surface area contributed by atoms with E-state index in [0.717, 1.165) is 53.4 Å². The van der Waals surface area contributed by atoms with Crippen LogP contribution >= 0.6 is 0 Å². The molecule has 0 saturated carbocycles. The quantitative estimate of drug-likeness (QED) is 0.305. The van der Waals surface area contributed by atoms with E-state index in [0.29, 0.717) is 13.2 Å². The first-order valence-electron chi connectivity index (χ1n) is 14.8. The van der Waals surface area contributed by atoms with Crippen LogP contribution in [0.3, 0.4) is 0 Å². The third-order valence-electron chi connectivity index (χ3n) is 8.35. The summed E-state index contributed by atoms with van der Waals surface area (Å²) in [5, 5.41) is 10.5. The zero-order valence-electron chi connectivity index (χ0n) is 25.1. The molecule has 3 atom stereocenters. The molecule has 9 nitrogen and oxygen atoms in total. The highest BCUT2D eigenvalue weighted by Gasteiger charge is 2.42. The van der Waals surface area contributed by atoms with Gasteiger partial charge in [-0.2, -0.15) is 4.31 Å². The second kappa shape index (κ2) is 14.1. The fourth-order valence-electron chi connectivity index (χ4n) is 6.01. The van der Waals surface area contributed by atoms with Gasteiger partial charge in [-0.15, -0.1) is 0 Å². The van der Waals surface area contributed by atoms with E-state index in [1.54, 1.807) is 38.5 Å². The largest absolute Gasteiger partial charge is 0.497 e. The number of sulfonamides is 1. The number of rotatable bonds is 12. The highest BCUT2D eigenvalue weighted by Crippen LogP contribution is 2.39. The summed E-state index contributed by atoms with van der Waals surface area (Å²) in [6, 6.07) is 20.7. The first-order valence-corrected chi connectivity index (χ1v) is 16.2. The van der Waals surface area contributed by atoms with Gasteiger partial charge >= 0.3 is 0 Å². The first-order chi connectivity index (χ1) is 20.8. The van der Waals surface area contributed by atoms with Crippen LogP contribution in [0.25, 0.3) is 0 Å². The molecule has 3 aromatic rings. The van der Waals surface area contributed by atoms with E-state index in [9.17, 15) is 13.5 Å². The molecule has 0 unspecified atom stereocenters. The first kappa shape index (κ1) is 31.3. The average Bonchev–Trinajstić information content (AvgIpc) is 3.03. The van der Waals surface area contributed by atoms with Gasteiger partial charge in [0.15, 0.2) is 0 Å². The predicted molar refractivity (Wildman–Crippen MR) is 165 cm³/mol. The van der Waals surface area contributed by atoms with Crippen molar-refractivity contribution < 1.29 is 32.5 Å². The Morgan fingerprint density at radius 1 is 1.00 bits per heavy atom. The lowest BCUT2D eigenvalue weighted by molar-refractivity contribution is -0.0351.